The van der Waals surface area contributed by atoms with E-state index in [9.17, 15) is 9.59 Å². The number of pyridine rings is 1. The van der Waals surface area contributed by atoms with Crippen molar-refractivity contribution in [1.29, 1.82) is 0 Å². The number of amides is 2. The fourth-order valence-corrected chi connectivity index (χ4v) is 3.48. The number of hydrogen-bond acceptors (Lipinski definition) is 3. The van der Waals surface area contributed by atoms with Crippen LogP contribution in [0.5, 0.6) is 0 Å². The van der Waals surface area contributed by atoms with E-state index < -0.39 is 0 Å². The number of benzene rings is 1. The number of carbonyl (C=O) groups is 2. The number of imidazole rings is 1. The molecule has 0 radical (unpaired) electrons. The molecule has 6 heteroatoms. The lowest BCUT2D eigenvalue weighted by atomic mass is 10.2. The highest BCUT2D eigenvalue weighted by Gasteiger charge is 2.25. The molecule has 0 bridgehead atoms. The summed E-state index contributed by atoms with van der Waals surface area (Å²) in [7, 11) is 0. The van der Waals surface area contributed by atoms with Gasteiger partial charge < -0.3 is 10.2 Å². The van der Waals surface area contributed by atoms with E-state index in [-0.39, 0.29) is 17.5 Å². The van der Waals surface area contributed by atoms with E-state index in [4.69, 9.17) is 0 Å². The summed E-state index contributed by atoms with van der Waals surface area (Å²) < 4.78 is 1.72. The normalized spacial score (nSPS) is 14.7. The number of nitrogens with one attached hydrogen (secondary N) is 1. The molecule has 1 aromatic carbocycles. The van der Waals surface area contributed by atoms with Gasteiger partial charge in [0.05, 0.1) is 5.52 Å². The minimum atomic E-state index is -0.320. The standard InChI is InChI=1S/C21H22N4O2/c26-20(22-16-10-4-3-5-11-16)18-17-12-6-9-15-25(17)19(23-18)21(27)24-13-7-1-2-8-14-24/h3-6,9-12,15H,1-2,7-8,13-14H2,(H,22,26). The highest BCUT2D eigenvalue weighted by atomic mass is 16.2. The summed E-state index contributed by atoms with van der Waals surface area (Å²) >= 11 is 0. The minimum absolute atomic E-state index is 0.114. The number of aromatic nitrogens is 2. The first-order chi connectivity index (χ1) is 13.2. The Morgan fingerprint density at radius 1 is 0.889 bits per heavy atom. The van der Waals surface area contributed by atoms with Gasteiger partial charge in [0, 0.05) is 25.0 Å². The largest absolute Gasteiger partial charge is 0.336 e. The third-order valence-electron chi connectivity index (χ3n) is 4.88. The molecule has 3 aromatic rings. The number of anilines is 1. The molecule has 2 amide bonds. The maximum Gasteiger partial charge on any atom is 0.290 e. The Balaban J connectivity index is 1.68. The third-order valence-corrected chi connectivity index (χ3v) is 4.88. The van der Waals surface area contributed by atoms with Crippen LogP contribution in [0.1, 0.15) is 46.8 Å². The van der Waals surface area contributed by atoms with Crippen LogP contribution in [0.2, 0.25) is 0 Å². The van der Waals surface area contributed by atoms with Crippen molar-refractivity contribution in [2.75, 3.05) is 18.4 Å². The number of hydrogen-bond donors (Lipinski definition) is 1. The van der Waals surface area contributed by atoms with E-state index in [1.54, 1.807) is 10.6 Å². The Hall–Kier alpha value is -3.15. The molecular formula is C21H22N4O2. The van der Waals surface area contributed by atoms with E-state index in [0.717, 1.165) is 38.8 Å². The first-order valence-corrected chi connectivity index (χ1v) is 9.37. The predicted molar refractivity (Wildman–Crippen MR) is 104 cm³/mol. The number of para-hydroxylation sites is 1. The molecule has 3 heterocycles. The van der Waals surface area contributed by atoms with Gasteiger partial charge in [-0.05, 0) is 37.1 Å². The second kappa shape index (κ2) is 7.61. The molecule has 2 aromatic heterocycles. The zero-order valence-electron chi connectivity index (χ0n) is 15.1. The van der Waals surface area contributed by atoms with Gasteiger partial charge in [0.2, 0.25) is 5.82 Å². The molecule has 0 spiro atoms. The van der Waals surface area contributed by atoms with E-state index >= 15 is 0 Å². The molecule has 1 fully saturated rings. The summed E-state index contributed by atoms with van der Waals surface area (Å²) in [6.07, 6.45) is 6.10. The second-order valence-corrected chi connectivity index (χ2v) is 6.77. The summed E-state index contributed by atoms with van der Waals surface area (Å²) in [5.41, 5.74) is 1.58. The quantitative estimate of drug-likeness (QED) is 0.774. The zero-order valence-corrected chi connectivity index (χ0v) is 15.1. The molecule has 1 aliphatic heterocycles. The molecule has 1 saturated heterocycles. The summed E-state index contributed by atoms with van der Waals surface area (Å²) in [6.45, 7) is 1.48. The molecule has 0 aliphatic carbocycles. The van der Waals surface area contributed by atoms with Crippen LogP contribution in [0, 0.1) is 0 Å². The molecule has 4 rings (SSSR count). The molecule has 1 N–H and O–H groups in total. The molecule has 0 saturated carbocycles. The number of carbonyl (C=O) groups excluding carboxylic acids is 2. The van der Waals surface area contributed by atoms with Crippen molar-refractivity contribution in [3.05, 3.63) is 66.2 Å². The summed E-state index contributed by atoms with van der Waals surface area (Å²) in [6, 6.07) is 14.7. The topological polar surface area (TPSA) is 66.7 Å². The summed E-state index contributed by atoms with van der Waals surface area (Å²) in [5.74, 6) is -0.137. The average molecular weight is 362 g/mol. The van der Waals surface area contributed by atoms with Gasteiger partial charge in [-0.3, -0.25) is 14.0 Å². The Bertz CT molecular complexity index is 957. The molecular weight excluding hydrogens is 340 g/mol. The lowest BCUT2D eigenvalue weighted by Gasteiger charge is -2.19. The van der Waals surface area contributed by atoms with Crippen molar-refractivity contribution in [3.63, 3.8) is 0 Å². The van der Waals surface area contributed by atoms with Crippen LogP contribution in [0.3, 0.4) is 0 Å². The smallest absolute Gasteiger partial charge is 0.290 e. The average Bonchev–Trinajstić information content (AvgIpc) is 2.88. The molecule has 0 unspecified atom stereocenters. The van der Waals surface area contributed by atoms with Crippen molar-refractivity contribution in [2.45, 2.75) is 25.7 Å². The van der Waals surface area contributed by atoms with Gasteiger partial charge in [-0.25, -0.2) is 4.98 Å². The van der Waals surface area contributed by atoms with Gasteiger partial charge in [-0.15, -0.1) is 0 Å². The molecule has 0 atom stereocenters. The van der Waals surface area contributed by atoms with Gasteiger partial charge >= 0.3 is 0 Å². The van der Waals surface area contributed by atoms with Crippen molar-refractivity contribution >= 4 is 23.0 Å². The molecule has 138 valence electrons. The van der Waals surface area contributed by atoms with Crippen molar-refractivity contribution in [2.24, 2.45) is 0 Å². The molecule has 6 nitrogen and oxygen atoms in total. The van der Waals surface area contributed by atoms with Gasteiger partial charge in [0.1, 0.15) is 0 Å². The first kappa shape index (κ1) is 17.3. The fraction of sp³-hybridized carbons (Fsp3) is 0.286. The summed E-state index contributed by atoms with van der Waals surface area (Å²) in [4.78, 5) is 32.2. The molecule has 1 aliphatic rings. The van der Waals surface area contributed by atoms with Crippen molar-refractivity contribution in [3.8, 4) is 0 Å². The second-order valence-electron chi connectivity index (χ2n) is 6.77. The number of nitrogens with zero attached hydrogens (tertiary/aromatic N) is 3. The fourth-order valence-electron chi connectivity index (χ4n) is 3.48. The van der Waals surface area contributed by atoms with Crippen LogP contribution in [-0.4, -0.2) is 39.2 Å². The van der Waals surface area contributed by atoms with Crippen molar-refractivity contribution in [1.82, 2.24) is 14.3 Å². The minimum Gasteiger partial charge on any atom is -0.336 e. The van der Waals surface area contributed by atoms with E-state index in [2.05, 4.69) is 10.3 Å². The maximum absolute atomic E-state index is 13.1. The summed E-state index contributed by atoms with van der Waals surface area (Å²) in [5, 5.41) is 2.85. The van der Waals surface area contributed by atoms with Gasteiger partial charge in [0.25, 0.3) is 11.8 Å². The monoisotopic (exact) mass is 362 g/mol. The predicted octanol–water partition coefficient (Wildman–Crippen LogP) is 3.60. The number of rotatable bonds is 3. The Kier molecular flexibility index (Phi) is 4.87. The van der Waals surface area contributed by atoms with Gasteiger partial charge in [-0.2, -0.15) is 0 Å². The highest BCUT2D eigenvalue weighted by molar-refractivity contribution is 6.08. The Labute approximate surface area is 157 Å². The number of likely N-dealkylation sites (tertiary alicyclic amines) is 1. The lowest BCUT2D eigenvalue weighted by Crippen LogP contribution is -2.33. The SMILES string of the molecule is O=C(Nc1ccccc1)c1nc(C(=O)N2CCCCCC2)n2ccccc12. The maximum atomic E-state index is 13.1. The van der Waals surface area contributed by atoms with E-state index in [1.165, 1.54) is 0 Å². The third kappa shape index (κ3) is 3.56. The Morgan fingerprint density at radius 2 is 1.59 bits per heavy atom. The van der Waals surface area contributed by atoms with E-state index in [1.807, 2.05) is 53.4 Å². The van der Waals surface area contributed by atoms with Crippen LogP contribution in [0.15, 0.2) is 54.7 Å². The van der Waals surface area contributed by atoms with E-state index in [0.29, 0.717) is 17.0 Å². The van der Waals surface area contributed by atoms with Gasteiger partial charge in [0.15, 0.2) is 5.69 Å². The Morgan fingerprint density at radius 3 is 2.33 bits per heavy atom. The van der Waals surface area contributed by atoms with Crippen molar-refractivity contribution < 1.29 is 9.59 Å². The van der Waals surface area contributed by atoms with Crippen LogP contribution in [-0.2, 0) is 0 Å². The lowest BCUT2D eigenvalue weighted by molar-refractivity contribution is 0.0748. The van der Waals surface area contributed by atoms with Crippen LogP contribution < -0.4 is 5.32 Å². The highest BCUT2D eigenvalue weighted by Crippen LogP contribution is 2.18. The van der Waals surface area contributed by atoms with Gasteiger partial charge in [-0.1, -0.05) is 37.1 Å². The van der Waals surface area contributed by atoms with Crippen LogP contribution in [0.25, 0.3) is 5.52 Å². The van der Waals surface area contributed by atoms with Crippen LogP contribution >= 0.6 is 0 Å². The zero-order chi connectivity index (χ0) is 18.6. The number of fused-ring (bicyclic) bond motifs is 1. The molecule has 27 heavy (non-hydrogen) atoms. The first-order valence-electron chi connectivity index (χ1n) is 9.37. The van der Waals surface area contributed by atoms with Crippen LogP contribution in [0.4, 0.5) is 5.69 Å².